The molecule has 0 aliphatic heterocycles. The Hall–Kier alpha value is -2.38. The van der Waals surface area contributed by atoms with Gasteiger partial charge < -0.3 is 20.9 Å². The SMILES string of the molecule is CCCNc1cc(NCc2nncn2CC)nc(N)n1. The zero-order valence-electron chi connectivity index (χ0n) is 11.8. The van der Waals surface area contributed by atoms with E-state index in [1.165, 1.54) is 0 Å². The van der Waals surface area contributed by atoms with Crippen molar-refractivity contribution in [2.24, 2.45) is 0 Å². The maximum Gasteiger partial charge on any atom is 0.223 e. The smallest absolute Gasteiger partial charge is 0.223 e. The van der Waals surface area contributed by atoms with Crippen LogP contribution >= 0.6 is 0 Å². The predicted molar refractivity (Wildman–Crippen MR) is 78.2 cm³/mol. The largest absolute Gasteiger partial charge is 0.370 e. The first-order valence-electron chi connectivity index (χ1n) is 6.72. The number of nitrogens with zero attached hydrogens (tertiary/aromatic N) is 5. The number of aromatic nitrogens is 5. The molecule has 0 spiro atoms. The quantitative estimate of drug-likeness (QED) is 0.695. The van der Waals surface area contributed by atoms with Crippen molar-refractivity contribution in [2.75, 3.05) is 22.9 Å². The Kier molecular flexibility index (Phi) is 4.70. The summed E-state index contributed by atoms with van der Waals surface area (Å²) < 4.78 is 1.97. The first-order chi connectivity index (χ1) is 9.72. The predicted octanol–water partition coefficient (Wildman–Crippen LogP) is 1.10. The molecule has 4 N–H and O–H groups in total. The molecule has 8 heteroatoms. The Labute approximate surface area is 117 Å². The van der Waals surface area contributed by atoms with E-state index in [0.717, 1.165) is 31.2 Å². The van der Waals surface area contributed by atoms with Crippen molar-refractivity contribution in [1.29, 1.82) is 0 Å². The van der Waals surface area contributed by atoms with Gasteiger partial charge in [0.2, 0.25) is 5.95 Å². The monoisotopic (exact) mass is 276 g/mol. The third-order valence-corrected chi connectivity index (χ3v) is 2.76. The minimum absolute atomic E-state index is 0.241. The van der Waals surface area contributed by atoms with Crippen LogP contribution in [-0.4, -0.2) is 31.3 Å². The molecular weight excluding hydrogens is 256 g/mol. The molecule has 0 saturated heterocycles. The van der Waals surface area contributed by atoms with Crippen LogP contribution < -0.4 is 16.4 Å². The van der Waals surface area contributed by atoms with Crippen LogP contribution in [0.4, 0.5) is 17.6 Å². The van der Waals surface area contributed by atoms with E-state index in [4.69, 9.17) is 5.73 Å². The number of nitrogens with one attached hydrogen (secondary N) is 2. The molecule has 20 heavy (non-hydrogen) atoms. The van der Waals surface area contributed by atoms with Crippen LogP contribution in [0.2, 0.25) is 0 Å². The first kappa shape index (κ1) is 14.0. The topological polar surface area (TPSA) is 107 Å². The van der Waals surface area contributed by atoms with Crippen LogP contribution in [0.3, 0.4) is 0 Å². The van der Waals surface area contributed by atoms with Crippen LogP contribution in [-0.2, 0) is 13.1 Å². The second-order valence-corrected chi connectivity index (χ2v) is 4.31. The highest BCUT2D eigenvalue weighted by Crippen LogP contribution is 2.13. The average Bonchev–Trinajstić information content (AvgIpc) is 2.90. The average molecular weight is 276 g/mol. The summed E-state index contributed by atoms with van der Waals surface area (Å²) >= 11 is 0. The summed E-state index contributed by atoms with van der Waals surface area (Å²) in [6.45, 7) is 6.35. The normalized spacial score (nSPS) is 10.5. The molecule has 8 nitrogen and oxygen atoms in total. The molecule has 2 aromatic rings. The fourth-order valence-electron chi connectivity index (χ4n) is 1.75. The lowest BCUT2D eigenvalue weighted by Crippen LogP contribution is -2.11. The standard InChI is InChI=1S/C12H20N8/c1-3-5-14-9-6-10(18-12(13)17-9)15-7-11-19-16-8-20(11)4-2/h6,8H,3-5,7H2,1-2H3,(H4,13,14,15,17,18). The zero-order valence-corrected chi connectivity index (χ0v) is 11.8. The summed E-state index contributed by atoms with van der Waals surface area (Å²) in [5.74, 6) is 2.49. The van der Waals surface area contributed by atoms with E-state index in [-0.39, 0.29) is 5.95 Å². The number of aryl methyl sites for hydroxylation is 1. The number of anilines is 3. The summed E-state index contributed by atoms with van der Waals surface area (Å²) in [5, 5.41) is 14.3. The van der Waals surface area contributed by atoms with Crippen molar-refractivity contribution < 1.29 is 0 Å². The minimum Gasteiger partial charge on any atom is -0.370 e. The van der Waals surface area contributed by atoms with E-state index in [1.807, 2.05) is 17.6 Å². The molecule has 0 atom stereocenters. The van der Waals surface area contributed by atoms with Gasteiger partial charge in [0.05, 0.1) is 6.54 Å². The number of nitrogen functional groups attached to an aromatic ring is 1. The van der Waals surface area contributed by atoms with Gasteiger partial charge in [0, 0.05) is 19.2 Å². The fraction of sp³-hybridized carbons (Fsp3) is 0.500. The molecule has 0 unspecified atom stereocenters. The summed E-state index contributed by atoms with van der Waals surface area (Å²) in [4.78, 5) is 8.29. The summed E-state index contributed by atoms with van der Waals surface area (Å²) in [6, 6.07) is 1.83. The zero-order chi connectivity index (χ0) is 14.4. The van der Waals surface area contributed by atoms with Gasteiger partial charge in [-0.15, -0.1) is 10.2 Å². The van der Waals surface area contributed by atoms with Gasteiger partial charge >= 0.3 is 0 Å². The van der Waals surface area contributed by atoms with E-state index in [0.29, 0.717) is 12.4 Å². The highest BCUT2D eigenvalue weighted by atomic mass is 15.3. The summed E-state index contributed by atoms with van der Waals surface area (Å²) in [6.07, 6.45) is 2.73. The van der Waals surface area contributed by atoms with E-state index >= 15 is 0 Å². The molecule has 0 saturated carbocycles. The molecule has 0 aliphatic carbocycles. The highest BCUT2D eigenvalue weighted by molar-refractivity contribution is 5.50. The first-order valence-corrected chi connectivity index (χ1v) is 6.72. The molecule has 0 bridgehead atoms. The van der Waals surface area contributed by atoms with E-state index in [9.17, 15) is 0 Å². The van der Waals surface area contributed by atoms with Crippen LogP contribution in [0.5, 0.6) is 0 Å². The Balaban J connectivity index is 2.03. The van der Waals surface area contributed by atoms with Crippen molar-refractivity contribution in [3.05, 3.63) is 18.2 Å². The second-order valence-electron chi connectivity index (χ2n) is 4.31. The molecule has 0 radical (unpaired) electrons. The van der Waals surface area contributed by atoms with Crippen molar-refractivity contribution >= 4 is 17.6 Å². The molecule has 108 valence electrons. The van der Waals surface area contributed by atoms with E-state index in [2.05, 4.69) is 37.7 Å². The van der Waals surface area contributed by atoms with Gasteiger partial charge in [-0.1, -0.05) is 6.92 Å². The van der Waals surface area contributed by atoms with Gasteiger partial charge in [-0.2, -0.15) is 9.97 Å². The third kappa shape index (κ3) is 3.56. The molecule has 0 fully saturated rings. The molecule has 2 heterocycles. The Morgan fingerprint density at radius 3 is 2.65 bits per heavy atom. The second kappa shape index (κ2) is 6.69. The number of rotatable bonds is 7. The van der Waals surface area contributed by atoms with Crippen LogP contribution in [0.25, 0.3) is 0 Å². The van der Waals surface area contributed by atoms with Crippen LogP contribution in [0.15, 0.2) is 12.4 Å². The van der Waals surface area contributed by atoms with Crippen molar-refractivity contribution in [3.8, 4) is 0 Å². The Bertz CT molecular complexity index is 550. The summed E-state index contributed by atoms with van der Waals surface area (Å²) in [5.41, 5.74) is 5.70. The number of hydrogen-bond acceptors (Lipinski definition) is 7. The van der Waals surface area contributed by atoms with Gasteiger partial charge in [0.15, 0.2) is 5.82 Å². The number of nitrogens with two attached hydrogens (primary N) is 1. The molecule has 0 amide bonds. The lowest BCUT2D eigenvalue weighted by Gasteiger charge is -2.09. The molecule has 2 aromatic heterocycles. The van der Waals surface area contributed by atoms with Crippen molar-refractivity contribution in [3.63, 3.8) is 0 Å². The van der Waals surface area contributed by atoms with E-state index < -0.39 is 0 Å². The Morgan fingerprint density at radius 1 is 1.20 bits per heavy atom. The lowest BCUT2D eigenvalue weighted by atomic mass is 10.4. The van der Waals surface area contributed by atoms with E-state index in [1.54, 1.807) is 6.33 Å². The maximum absolute atomic E-state index is 5.70. The van der Waals surface area contributed by atoms with Crippen LogP contribution in [0, 0.1) is 0 Å². The van der Waals surface area contributed by atoms with Gasteiger partial charge in [-0.05, 0) is 13.3 Å². The van der Waals surface area contributed by atoms with Gasteiger partial charge in [0.1, 0.15) is 18.0 Å². The molecule has 2 rings (SSSR count). The van der Waals surface area contributed by atoms with Gasteiger partial charge in [-0.25, -0.2) is 0 Å². The highest BCUT2D eigenvalue weighted by Gasteiger charge is 2.05. The molecular formula is C12H20N8. The van der Waals surface area contributed by atoms with Gasteiger partial charge in [-0.3, -0.25) is 0 Å². The Morgan fingerprint density at radius 2 is 1.95 bits per heavy atom. The number of hydrogen-bond donors (Lipinski definition) is 3. The maximum atomic E-state index is 5.70. The minimum atomic E-state index is 0.241. The molecule has 0 aromatic carbocycles. The summed E-state index contributed by atoms with van der Waals surface area (Å²) in [7, 11) is 0. The fourth-order valence-corrected chi connectivity index (χ4v) is 1.75. The van der Waals surface area contributed by atoms with Crippen molar-refractivity contribution in [2.45, 2.75) is 33.4 Å². The lowest BCUT2D eigenvalue weighted by molar-refractivity contribution is 0.707. The molecule has 0 aliphatic rings. The van der Waals surface area contributed by atoms with Gasteiger partial charge in [0.25, 0.3) is 0 Å². The third-order valence-electron chi connectivity index (χ3n) is 2.76. The van der Waals surface area contributed by atoms with Crippen LogP contribution in [0.1, 0.15) is 26.1 Å². The van der Waals surface area contributed by atoms with Crippen molar-refractivity contribution in [1.82, 2.24) is 24.7 Å².